The molecule has 0 saturated carbocycles. The van der Waals surface area contributed by atoms with Crippen molar-refractivity contribution >= 4 is 11.7 Å². The van der Waals surface area contributed by atoms with Crippen molar-refractivity contribution < 1.29 is 18.7 Å². The van der Waals surface area contributed by atoms with E-state index in [4.69, 9.17) is 5.11 Å². The summed E-state index contributed by atoms with van der Waals surface area (Å²) >= 11 is 0. The van der Waals surface area contributed by atoms with Crippen LogP contribution in [-0.4, -0.2) is 24.2 Å². The van der Waals surface area contributed by atoms with Gasteiger partial charge < -0.3 is 10.0 Å². The molecule has 0 saturated heterocycles. The van der Waals surface area contributed by atoms with E-state index < -0.39 is 23.2 Å². The predicted molar refractivity (Wildman–Crippen MR) is 66.1 cm³/mol. The molecule has 1 aromatic carbocycles. The van der Waals surface area contributed by atoms with Crippen LogP contribution in [0.2, 0.25) is 0 Å². The SMILES string of the molecule is CCCN(CCC)c1cc(C(=O)O)c(F)cc1F. The van der Waals surface area contributed by atoms with Crippen molar-refractivity contribution in [3.05, 3.63) is 29.3 Å². The average Bonchev–Trinajstić information content (AvgIpc) is 2.28. The summed E-state index contributed by atoms with van der Waals surface area (Å²) in [5.74, 6) is -3.15. The van der Waals surface area contributed by atoms with Crippen molar-refractivity contribution in [2.75, 3.05) is 18.0 Å². The van der Waals surface area contributed by atoms with Gasteiger partial charge >= 0.3 is 5.97 Å². The summed E-state index contributed by atoms with van der Waals surface area (Å²) in [5, 5.41) is 8.84. The largest absolute Gasteiger partial charge is 0.478 e. The summed E-state index contributed by atoms with van der Waals surface area (Å²) in [4.78, 5) is 12.6. The molecule has 0 atom stereocenters. The molecule has 1 rings (SSSR count). The van der Waals surface area contributed by atoms with Gasteiger partial charge in [-0.05, 0) is 18.9 Å². The highest BCUT2D eigenvalue weighted by atomic mass is 19.1. The van der Waals surface area contributed by atoms with E-state index in [9.17, 15) is 13.6 Å². The summed E-state index contributed by atoms with van der Waals surface area (Å²) in [5.41, 5.74) is -0.346. The fraction of sp³-hybridized carbons (Fsp3) is 0.462. The number of carbonyl (C=O) groups is 1. The van der Waals surface area contributed by atoms with Gasteiger partial charge in [0.05, 0.1) is 11.3 Å². The lowest BCUT2D eigenvalue weighted by molar-refractivity contribution is 0.0692. The van der Waals surface area contributed by atoms with E-state index >= 15 is 0 Å². The minimum atomic E-state index is -1.39. The number of rotatable bonds is 6. The minimum absolute atomic E-state index is 0.150. The summed E-state index contributed by atoms with van der Waals surface area (Å²) in [6, 6.07) is 1.70. The van der Waals surface area contributed by atoms with Crippen LogP contribution in [0.3, 0.4) is 0 Å². The van der Waals surface area contributed by atoms with Gasteiger partial charge in [-0.1, -0.05) is 13.8 Å². The topological polar surface area (TPSA) is 40.5 Å². The van der Waals surface area contributed by atoms with E-state index in [0.29, 0.717) is 19.2 Å². The summed E-state index contributed by atoms with van der Waals surface area (Å²) in [6.45, 7) is 5.11. The number of nitrogens with zero attached hydrogens (tertiary/aromatic N) is 1. The first kappa shape index (κ1) is 14.4. The Balaban J connectivity index is 3.20. The maximum absolute atomic E-state index is 13.7. The highest BCUT2D eigenvalue weighted by molar-refractivity contribution is 5.89. The summed E-state index contributed by atoms with van der Waals surface area (Å²) in [7, 11) is 0. The summed E-state index contributed by atoms with van der Waals surface area (Å²) in [6.07, 6.45) is 1.61. The number of anilines is 1. The first-order valence-corrected chi connectivity index (χ1v) is 5.98. The second-order valence-electron chi connectivity index (χ2n) is 4.08. The Bertz CT molecular complexity index is 429. The molecule has 0 amide bonds. The van der Waals surface area contributed by atoms with Gasteiger partial charge in [-0.3, -0.25) is 0 Å². The highest BCUT2D eigenvalue weighted by Gasteiger charge is 2.18. The Morgan fingerprint density at radius 1 is 1.17 bits per heavy atom. The molecule has 0 fully saturated rings. The molecular weight excluding hydrogens is 240 g/mol. The molecule has 0 unspecified atom stereocenters. The average molecular weight is 257 g/mol. The normalized spacial score (nSPS) is 10.4. The van der Waals surface area contributed by atoms with E-state index in [1.165, 1.54) is 0 Å². The number of aromatic carboxylic acids is 1. The van der Waals surface area contributed by atoms with E-state index in [0.717, 1.165) is 18.9 Å². The molecule has 0 bridgehead atoms. The molecule has 0 aliphatic carbocycles. The molecule has 0 aromatic heterocycles. The quantitative estimate of drug-likeness (QED) is 0.850. The van der Waals surface area contributed by atoms with E-state index in [-0.39, 0.29) is 5.69 Å². The van der Waals surface area contributed by atoms with Crippen LogP contribution in [0, 0.1) is 11.6 Å². The van der Waals surface area contributed by atoms with Crippen molar-refractivity contribution in [3.63, 3.8) is 0 Å². The zero-order valence-corrected chi connectivity index (χ0v) is 10.5. The Labute approximate surface area is 105 Å². The minimum Gasteiger partial charge on any atom is -0.478 e. The van der Waals surface area contributed by atoms with Gasteiger partial charge in [-0.25, -0.2) is 13.6 Å². The van der Waals surface area contributed by atoms with Crippen LogP contribution in [0.25, 0.3) is 0 Å². The van der Waals surface area contributed by atoms with E-state index in [1.807, 2.05) is 13.8 Å². The number of carboxylic acids is 1. The number of halogens is 2. The molecule has 1 aromatic rings. The summed E-state index contributed by atoms with van der Waals surface area (Å²) < 4.78 is 27.0. The fourth-order valence-electron chi connectivity index (χ4n) is 1.84. The molecule has 0 heterocycles. The molecule has 0 aliphatic rings. The lowest BCUT2D eigenvalue weighted by Gasteiger charge is -2.24. The fourth-order valence-corrected chi connectivity index (χ4v) is 1.84. The van der Waals surface area contributed by atoms with Crippen LogP contribution in [0.1, 0.15) is 37.0 Å². The van der Waals surface area contributed by atoms with Crippen molar-refractivity contribution in [2.24, 2.45) is 0 Å². The van der Waals surface area contributed by atoms with Crippen LogP contribution < -0.4 is 4.90 Å². The van der Waals surface area contributed by atoms with Gasteiger partial charge in [0.2, 0.25) is 0 Å². The van der Waals surface area contributed by atoms with Gasteiger partial charge in [0.25, 0.3) is 0 Å². The number of hydrogen-bond acceptors (Lipinski definition) is 2. The lowest BCUT2D eigenvalue weighted by Crippen LogP contribution is -2.26. The third-order valence-corrected chi connectivity index (χ3v) is 2.59. The second kappa shape index (κ2) is 6.33. The molecule has 5 heteroatoms. The number of carboxylic acid groups (broad SMARTS) is 1. The van der Waals surface area contributed by atoms with Crippen molar-refractivity contribution in [2.45, 2.75) is 26.7 Å². The van der Waals surface area contributed by atoms with Gasteiger partial charge in [0.15, 0.2) is 0 Å². The lowest BCUT2D eigenvalue weighted by atomic mass is 10.1. The van der Waals surface area contributed by atoms with Gasteiger partial charge in [0, 0.05) is 19.2 Å². The van der Waals surface area contributed by atoms with E-state index in [1.54, 1.807) is 4.90 Å². The molecule has 1 N–H and O–H groups in total. The first-order valence-electron chi connectivity index (χ1n) is 5.98. The highest BCUT2D eigenvalue weighted by Crippen LogP contribution is 2.24. The standard InChI is InChI=1S/C13H17F2NO2/c1-3-5-16(6-4-2)12-7-9(13(17)18)10(14)8-11(12)15/h7-8H,3-6H2,1-2H3,(H,17,18). The van der Waals surface area contributed by atoms with Crippen molar-refractivity contribution in [1.82, 2.24) is 0 Å². The van der Waals surface area contributed by atoms with Crippen molar-refractivity contribution in [1.29, 1.82) is 0 Å². The Morgan fingerprint density at radius 2 is 1.72 bits per heavy atom. The van der Waals surface area contributed by atoms with Crippen LogP contribution in [0.15, 0.2) is 12.1 Å². The molecule has 0 spiro atoms. The predicted octanol–water partition coefficient (Wildman–Crippen LogP) is 3.29. The van der Waals surface area contributed by atoms with Crippen LogP contribution in [-0.2, 0) is 0 Å². The van der Waals surface area contributed by atoms with Crippen molar-refractivity contribution in [3.8, 4) is 0 Å². The first-order chi connectivity index (χ1) is 8.51. The van der Waals surface area contributed by atoms with Crippen LogP contribution in [0.4, 0.5) is 14.5 Å². The molecule has 0 radical (unpaired) electrons. The molecular formula is C13H17F2NO2. The molecule has 100 valence electrons. The zero-order valence-electron chi connectivity index (χ0n) is 10.5. The van der Waals surface area contributed by atoms with Gasteiger partial charge in [0.1, 0.15) is 11.6 Å². The zero-order chi connectivity index (χ0) is 13.7. The smallest absolute Gasteiger partial charge is 0.338 e. The van der Waals surface area contributed by atoms with Gasteiger partial charge in [-0.15, -0.1) is 0 Å². The van der Waals surface area contributed by atoms with Gasteiger partial charge in [-0.2, -0.15) is 0 Å². The third kappa shape index (κ3) is 3.18. The maximum Gasteiger partial charge on any atom is 0.338 e. The Hall–Kier alpha value is -1.65. The number of benzene rings is 1. The van der Waals surface area contributed by atoms with Crippen LogP contribution >= 0.6 is 0 Å². The Kier molecular flexibility index (Phi) is 5.07. The molecule has 18 heavy (non-hydrogen) atoms. The number of hydrogen-bond donors (Lipinski definition) is 1. The monoisotopic (exact) mass is 257 g/mol. The third-order valence-electron chi connectivity index (χ3n) is 2.59. The molecule has 0 aliphatic heterocycles. The maximum atomic E-state index is 13.7. The Morgan fingerprint density at radius 3 is 2.17 bits per heavy atom. The second-order valence-corrected chi connectivity index (χ2v) is 4.08. The van der Waals surface area contributed by atoms with E-state index in [2.05, 4.69) is 0 Å². The van der Waals surface area contributed by atoms with Crippen LogP contribution in [0.5, 0.6) is 0 Å². The molecule has 3 nitrogen and oxygen atoms in total.